The molecule has 2 aromatic rings. The van der Waals surface area contributed by atoms with E-state index in [-0.39, 0.29) is 17.9 Å². The Morgan fingerprint density at radius 2 is 2.35 bits per heavy atom. The maximum absolute atomic E-state index is 13.5. The SMILES string of the molecule is Cn1ccnc1COc1ccc(C=O)cc1F. The molecule has 4 nitrogen and oxygen atoms in total. The van der Waals surface area contributed by atoms with Crippen LogP contribution >= 0.6 is 0 Å². The fraction of sp³-hybridized carbons (Fsp3) is 0.167. The summed E-state index contributed by atoms with van der Waals surface area (Å²) in [5.74, 6) is 0.256. The highest BCUT2D eigenvalue weighted by molar-refractivity contribution is 5.74. The van der Waals surface area contributed by atoms with Crippen LogP contribution in [0.15, 0.2) is 30.6 Å². The van der Waals surface area contributed by atoms with Crippen LogP contribution < -0.4 is 4.74 Å². The van der Waals surface area contributed by atoms with Crippen LogP contribution in [-0.4, -0.2) is 15.8 Å². The molecule has 5 heteroatoms. The lowest BCUT2D eigenvalue weighted by molar-refractivity contribution is 0.112. The number of benzene rings is 1. The number of carbonyl (C=O) groups is 1. The lowest BCUT2D eigenvalue weighted by Crippen LogP contribution is -2.04. The molecule has 0 N–H and O–H groups in total. The van der Waals surface area contributed by atoms with Gasteiger partial charge in [-0.1, -0.05) is 0 Å². The van der Waals surface area contributed by atoms with Crippen molar-refractivity contribution in [3.05, 3.63) is 47.8 Å². The van der Waals surface area contributed by atoms with E-state index in [2.05, 4.69) is 4.98 Å². The molecule has 0 aliphatic carbocycles. The molecule has 1 aromatic heterocycles. The zero-order chi connectivity index (χ0) is 12.3. The fourth-order valence-electron chi connectivity index (χ4n) is 1.39. The van der Waals surface area contributed by atoms with Crippen LogP contribution in [0.4, 0.5) is 4.39 Å². The second kappa shape index (κ2) is 4.78. The van der Waals surface area contributed by atoms with Crippen molar-refractivity contribution in [3.8, 4) is 5.75 Å². The first kappa shape index (κ1) is 11.3. The van der Waals surface area contributed by atoms with Gasteiger partial charge in [-0.25, -0.2) is 9.37 Å². The number of rotatable bonds is 4. The number of aldehydes is 1. The molecule has 1 aromatic carbocycles. The summed E-state index contributed by atoms with van der Waals surface area (Å²) in [6, 6.07) is 4.08. The largest absolute Gasteiger partial charge is 0.483 e. The van der Waals surface area contributed by atoms with Gasteiger partial charge in [0.2, 0.25) is 0 Å². The highest BCUT2D eigenvalue weighted by Crippen LogP contribution is 2.18. The van der Waals surface area contributed by atoms with Gasteiger partial charge in [-0.15, -0.1) is 0 Å². The number of ether oxygens (including phenoxy) is 1. The van der Waals surface area contributed by atoms with E-state index in [1.807, 2.05) is 7.05 Å². The summed E-state index contributed by atoms with van der Waals surface area (Å²) in [5, 5.41) is 0. The molecule has 17 heavy (non-hydrogen) atoms. The molecular formula is C12H11FN2O2. The van der Waals surface area contributed by atoms with Crippen LogP contribution in [0, 0.1) is 5.82 Å². The molecule has 0 radical (unpaired) electrons. The van der Waals surface area contributed by atoms with E-state index < -0.39 is 5.82 Å². The quantitative estimate of drug-likeness (QED) is 0.759. The lowest BCUT2D eigenvalue weighted by atomic mass is 10.2. The molecule has 0 saturated carbocycles. The van der Waals surface area contributed by atoms with Crippen LogP contribution in [0.25, 0.3) is 0 Å². The molecule has 1 heterocycles. The number of imidazole rings is 1. The van der Waals surface area contributed by atoms with Crippen molar-refractivity contribution >= 4 is 6.29 Å². The number of nitrogens with zero attached hydrogens (tertiary/aromatic N) is 2. The van der Waals surface area contributed by atoms with E-state index in [1.54, 1.807) is 17.0 Å². The van der Waals surface area contributed by atoms with Gasteiger partial charge in [0, 0.05) is 25.0 Å². The summed E-state index contributed by atoms with van der Waals surface area (Å²) in [4.78, 5) is 14.5. The minimum atomic E-state index is -0.552. The first-order chi connectivity index (χ1) is 8.20. The summed E-state index contributed by atoms with van der Waals surface area (Å²) in [5.41, 5.74) is 0.284. The molecule has 2 rings (SSSR count). The van der Waals surface area contributed by atoms with Crippen LogP contribution in [0.3, 0.4) is 0 Å². The third-order valence-electron chi connectivity index (χ3n) is 2.37. The Kier molecular flexibility index (Phi) is 3.18. The van der Waals surface area contributed by atoms with Crippen LogP contribution in [0.2, 0.25) is 0 Å². The van der Waals surface area contributed by atoms with Crippen molar-refractivity contribution in [1.29, 1.82) is 0 Å². The van der Waals surface area contributed by atoms with Crippen molar-refractivity contribution in [1.82, 2.24) is 9.55 Å². The Hall–Kier alpha value is -2.17. The van der Waals surface area contributed by atoms with E-state index in [4.69, 9.17) is 4.74 Å². The number of aromatic nitrogens is 2. The van der Waals surface area contributed by atoms with E-state index >= 15 is 0 Å². The van der Waals surface area contributed by atoms with Crippen molar-refractivity contribution in [3.63, 3.8) is 0 Å². The standard InChI is InChI=1S/C12H11FN2O2/c1-15-5-4-14-12(15)8-17-11-3-2-9(7-16)6-10(11)13/h2-7H,8H2,1H3. The van der Waals surface area contributed by atoms with Gasteiger partial charge in [0.25, 0.3) is 0 Å². The highest BCUT2D eigenvalue weighted by atomic mass is 19.1. The molecule has 0 saturated heterocycles. The molecule has 0 aliphatic heterocycles. The van der Waals surface area contributed by atoms with Gasteiger partial charge in [0.05, 0.1) is 0 Å². The molecule has 0 fully saturated rings. The molecule has 0 unspecified atom stereocenters. The first-order valence-corrected chi connectivity index (χ1v) is 5.04. The maximum Gasteiger partial charge on any atom is 0.165 e. The topological polar surface area (TPSA) is 44.1 Å². The molecular weight excluding hydrogens is 223 g/mol. The van der Waals surface area contributed by atoms with Gasteiger partial charge < -0.3 is 9.30 Å². The predicted octanol–water partition coefficient (Wildman–Crippen LogP) is 1.95. The average molecular weight is 234 g/mol. The second-order valence-electron chi connectivity index (χ2n) is 3.55. The van der Waals surface area contributed by atoms with Gasteiger partial charge in [-0.05, 0) is 18.2 Å². The van der Waals surface area contributed by atoms with Crippen LogP contribution in [0.5, 0.6) is 5.75 Å². The predicted molar refractivity (Wildman–Crippen MR) is 59.3 cm³/mol. The Morgan fingerprint density at radius 3 is 2.94 bits per heavy atom. The molecule has 0 spiro atoms. The molecule has 0 aliphatic rings. The monoisotopic (exact) mass is 234 g/mol. The number of carbonyl (C=O) groups excluding carboxylic acids is 1. The minimum absolute atomic E-state index is 0.110. The minimum Gasteiger partial charge on any atom is -0.483 e. The number of halogens is 1. The summed E-state index contributed by atoms with van der Waals surface area (Å²) < 4.78 is 20.5. The van der Waals surface area contributed by atoms with Gasteiger partial charge in [0.15, 0.2) is 11.6 Å². The summed E-state index contributed by atoms with van der Waals surface area (Å²) in [6.45, 7) is 0.181. The number of aryl methyl sites for hydroxylation is 1. The number of hydrogen-bond acceptors (Lipinski definition) is 3. The summed E-state index contributed by atoms with van der Waals surface area (Å²) in [6.07, 6.45) is 4.01. The fourth-order valence-corrected chi connectivity index (χ4v) is 1.39. The Balaban J connectivity index is 2.09. The molecule has 88 valence electrons. The Morgan fingerprint density at radius 1 is 1.53 bits per heavy atom. The zero-order valence-electron chi connectivity index (χ0n) is 9.26. The van der Waals surface area contributed by atoms with E-state index in [0.29, 0.717) is 12.1 Å². The summed E-state index contributed by atoms with van der Waals surface area (Å²) in [7, 11) is 1.83. The average Bonchev–Trinajstić information content (AvgIpc) is 2.73. The third-order valence-corrected chi connectivity index (χ3v) is 2.37. The van der Waals surface area contributed by atoms with Gasteiger partial charge >= 0.3 is 0 Å². The molecule has 0 amide bonds. The third kappa shape index (κ3) is 2.50. The highest BCUT2D eigenvalue weighted by Gasteiger charge is 2.06. The lowest BCUT2D eigenvalue weighted by Gasteiger charge is -2.07. The smallest absolute Gasteiger partial charge is 0.165 e. The van der Waals surface area contributed by atoms with Crippen molar-refractivity contribution in [2.75, 3.05) is 0 Å². The second-order valence-corrected chi connectivity index (χ2v) is 3.55. The van der Waals surface area contributed by atoms with Crippen LogP contribution in [-0.2, 0) is 13.7 Å². The normalized spacial score (nSPS) is 10.2. The molecule has 0 atom stereocenters. The summed E-state index contributed by atoms with van der Waals surface area (Å²) >= 11 is 0. The number of hydrogen-bond donors (Lipinski definition) is 0. The van der Waals surface area contributed by atoms with E-state index in [1.165, 1.54) is 12.1 Å². The van der Waals surface area contributed by atoms with Gasteiger partial charge in [-0.2, -0.15) is 0 Å². The Bertz CT molecular complexity index is 537. The van der Waals surface area contributed by atoms with Crippen molar-refractivity contribution in [2.45, 2.75) is 6.61 Å². The van der Waals surface area contributed by atoms with Crippen molar-refractivity contribution < 1.29 is 13.9 Å². The maximum atomic E-state index is 13.5. The molecule has 0 bridgehead atoms. The van der Waals surface area contributed by atoms with E-state index in [0.717, 1.165) is 6.07 Å². The Labute approximate surface area is 97.7 Å². The van der Waals surface area contributed by atoms with Crippen molar-refractivity contribution in [2.24, 2.45) is 7.05 Å². The zero-order valence-corrected chi connectivity index (χ0v) is 9.26. The van der Waals surface area contributed by atoms with Gasteiger partial charge in [0.1, 0.15) is 18.7 Å². The first-order valence-electron chi connectivity index (χ1n) is 5.04. The van der Waals surface area contributed by atoms with Crippen LogP contribution in [0.1, 0.15) is 16.2 Å². The van der Waals surface area contributed by atoms with E-state index in [9.17, 15) is 9.18 Å². The van der Waals surface area contributed by atoms with Gasteiger partial charge in [-0.3, -0.25) is 4.79 Å².